The molecule has 0 aliphatic carbocycles. The molecule has 2 aromatic rings. The molecule has 0 atom stereocenters. The number of hydrogen-bond acceptors (Lipinski definition) is 3. The number of nitrogens with zero attached hydrogens (tertiary/aromatic N) is 2. The second-order valence-corrected chi connectivity index (χ2v) is 6.88. The summed E-state index contributed by atoms with van der Waals surface area (Å²) in [5, 5.41) is 0.565. The van der Waals surface area contributed by atoms with E-state index in [1.54, 1.807) is 0 Å². The molecular formula is C18H14Cl2N2O2. The molecule has 24 heavy (non-hydrogen) atoms. The van der Waals surface area contributed by atoms with Crippen LogP contribution in [0.4, 0.5) is 0 Å². The van der Waals surface area contributed by atoms with Gasteiger partial charge in [-0.05, 0) is 29.7 Å². The van der Waals surface area contributed by atoms with Gasteiger partial charge in [0.05, 0.1) is 27.8 Å². The van der Waals surface area contributed by atoms with Crippen LogP contribution in [0.5, 0.6) is 0 Å². The molecule has 0 saturated heterocycles. The average molecular weight is 361 g/mol. The van der Waals surface area contributed by atoms with Gasteiger partial charge in [-0.3, -0.25) is 19.4 Å². The highest BCUT2D eigenvalue weighted by Gasteiger charge is 2.37. The molecule has 0 saturated carbocycles. The Balaban J connectivity index is 1.56. The van der Waals surface area contributed by atoms with Crippen LogP contribution in [0.1, 0.15) is 31.8 Å². The van der Waals surface area contributed by atoms with E-state index < -0.39 is 0 Å². The van der Waals surface area contributed by atoms with E-state index >= 15 is 0 Å². The van der Waals surface area contributed by atoms with Gasteiger partial charge in [0, 0.05) is 13.1 Å². The minimum atomic E-state index is -0.313. The molecule has 2 aliphatic rings. The molecule has 2 aliphatic heterocycles. The van der Waals surface area contributed by atoms with Gasteiger partial charge in [0.2, 0.25) is 0 Å². The number of amides is 2. The van der Waals surface area contributed by atoms with Crippen LogP contribution in [-0.4, -0.2) is 34.8 Å². The molecule has 2 amide bonds. The minimum absolute atomic E-state index is 0.274. The fourth-order valence-electron chi connectivity index (χ4n) is 3.29. The Morgan fingerprint density at radius 1 is 0.917 bits per heavy atom. The zero-order chi connectivity index (χ0) is 16.8. The van der Waals surface area contributed by atoms with Crippen molar-refractivity contribution in [2.24, 2.45) is 0 Å². The summed E-state index contributed by atoms with van der Waals surface area (Å²) in [5.41, 5.74) is 3.22. The quantitative estimate of drug-likeness (QED) is 0.768. The van der Waals surface area contributed by atoms with Gasteiger partial charge in [0.15, 0.2) is 0 Å². The van der Waals surface area contributed by atoms with Crippen molar-refractivity contribution in [3.63, 3.8) is 0 Å². The van der Waals surface area contributed by atoms with E-state index in [0.717, 1.165) is 19.5 Å². The van der Waals surface area contributed by atoms with Crippen LogP contribution in [-0.2, 0) is 13.0 Å². The van der Waals surface area contributed by atoms with Crippen LogP contribution < -0.4 is 0 Å². The fourth-order valence-corrected chi connectivity index (χ4v) is 3.61. The molecule has 0 N–H and O–H groups in total. The molecule has 2 heterocycles. The number of halogens is 2. The van der Waals surface area contributed by atoms with Crippen molar-refractivity contribution in [1.29, 1.82) is 0 Å². The van der Waals surface area contributed by atoms with E-state index in [9.17, 15) is 9.59 Å². The first kappa shape index (κ1) is 15.6. The summed E-state index contributed by atoms with van der Waals surface area (Å²) in [6.45, 7) is 1.81. The maximum Gasteiger partial charge on any atom is 0.262 e. The van der Waals surface area contributed by atoms with Crippen LogP contribution in [0.2, 0.25) is 10.0 Å². The lowest BCUT2D eigenvalue weighted by molar-refractivity contribution is 0.0526. The third-order valence-electron chi connectivity index (χ3n) is 4.56. The van der Waals surface area contributed by atoms with Crippen molar-refractivity contribution in [3.8, 4) is 0 Å². The summed E-state index contributed by atoms with van der Waals surface area (Å²) < 4.78 is 0. The Labute approximate surface area is 149 Å². The standard InChI is InChI=1S/C18H14Cl2N2O2/c19-15-7-13-14(8-16(15)20)18(24)22(17(13)23)10-21-6-5-11-3-1-2-4-12(11)9-21/h1-4,7-8H,5-6,9-10H2. The van der Waals surface area contributed by atoms with Crippen molar-refractivity contribution in [3.05, 3.63) is 68.7 Å². The van der Waals surface area contributed by atoms with E-state index in [2.05, 4.69) is 17.0 Å². The number of hydrogen-bond donors (Lipinski definition) is 0. The maximum absolute atomic E-state index is 12.6. The predicted octanol–water partition coefficient (Wildman–Crippen LogP) is 3.61. The SMILES string of the molecule is O=C1c2cc(Cl)c(Cl)cc2C(=O)N1CN1CCc2ccccc2C1. The van der Waals surface area contributed by atoms with Crippen molar-refractivity contribution in [2.45, 2.75) is 13.0 Å². The zero-order valence-electron chi connectivity index (χ0n) is 12.8. The highest BCUT2D eigenvalue weighted by atomic mass is 35.5. The van der Waals surface area contributed by atoms with Crippen LogP contribution >= 0.6 is 23.2 Å². The normalized spacial score (nSPS) is 17.2. The summed E-state index contributed by atoms with van der Waals surface area (Å²) in [6.07, 6.45) is 0.914. The van der Waals surface area contributed by atoms with E-state index in [4.69, 9.17) is 23.2 Å². The van der Waals surface area contributed by atoms with Crippen LogP contribution in [0, 0.1) is 0 Å². The van der Waals surface area contributed by atoms with Gasteiger partial charge in [-0.15, -0.1) is 0 Å². The average Bonchev–Trinajstić information content (AvgIpc) is 2.80. The molecule has 4 nitrogen and oxygen atoms in total. The summed E-state index contributed by atoms with van der Waals surface area (Å²) >= 11 is 12.0. The molecule has 2 aromatic carbocycles. The summed E-state index contributed by atoms with van der Waals surface area (Å²) in [4.78, 5) is 28.5. The van der Waals surface area contributed by atoms with Gasteiger partial charge in [-0.2, -0.15) is 0 Å². The Morgan fingerprint density at radius 3 is 2.12 bits per heavy atom. The molecule has 122 valence electrons. The minimum Gasteiger partial charge on any atom is -0.281 e. The lowest BCUT2D eigenvalue weighted by Gasteiger charge is -2.31. The monoisotopic (exact) mass is 360 g/mol. The van der Waals surface area contributed by atoms with Crippen molar-refractivity contribution >= 4 is 35.0 Å². The van der Waals surface area contributed by atoms with E-state index in [0.29, 0.717) is 11.1 Å². The second-order valence-electron chi connectivity index (χ2n) is 6.06. The summed E-state index contributed by atoms with van der Waals surface area (Å²) in [7, 11) is 0. The van der Waals surface area contributed by atoms with Crippen LogP contribution in [0.3, 0.4) is 0 Å². The van der Waals surface area contributed by atoms with Crippen molar-refractivity contribution in [1.82, 2.24) is 9.80 Å². The Morgan fingerprint density at radius 2 is 1.50 bits per heavy atom. The smallest absolute Gasteiger partial charge is 0.262 e. The van der Waals surface area contributed by atoms with E-state index in [1.807, 2.05) is 12.1 Å². The summed E-state index contributed by atoms with van der Waals surface area (Å²) in [5.74, 6) is -0.625. The molecule has 0 fully saturated rings. The number of benzene rings is 2. The maximum atomic E-state index is 12.6. The predicted molar refractivity (Wildman–Crippen MR) is 92.4 cm³/mol. The zero-order valence-corrected chi connectivity index (χ0v) is 14.3. The fraction of sp³-hybridized carbons (Fsp3) is 0.222. The van der Waals surface area contributed by atoms with Gasteiger partial charge in [-0.1, -0.05) is 47.5 Å². The molecule has 0 spiro atoms. The topological polar surface area (TPSA) is 40.6 Å². The lowest BCUT2D eigenvalue weighted by Crippen LogP contribution is -2.43. The van der Waals surface area contributed by atoms with Crippen molar-refractivity contribution in [2.75, 3.05) is 13.2 Å². The number of carbonyl (C=O) groups is 2. The number of fused-ring (bicyclic) bond motifs is 2. The molecule has 6 heteroatoms. The molecular weight excluding hydrogens is 347 g/mol. The first-order valence-corrected chi connectivity index (χ1v) is 8.44. The van der Waals surface area contributed by atoms with Gasteiger partial charge in [-0.25, -0.2) is 0 Å². The molecule has 0 aromatic heterocycles. The second kappa shape index (κ2) is 5.88. The highest BCUT2D eigenvalue weighted by molar-refractivity contribution is 6.43. The summed E-state index contributed by atoms with van der Waals surface area (Å²) in [6, 6.07) is 11.2. The van der Waals surface area contributed by atoms with E-state index in [1.165, 1.54) is 28.2 Å². The lowest BCUT2D eigenvalue weighted by atomic mass is 10.0. The van der Waals surface area contributed by atoms with Crippen LogP contribution in [0.25, 0.3) is 0 Å². The molecule has 4 rings (SSSR count). The van der Waals surface area contributed by atoms with Gasteiger partial charge in [0.1, 0.15) is 0 Å². The number of carbonyl (C=O) groups excluding carboxylic acids is 2. The first-order chi connectivity index (χ1) is 11.5. The van der Waals surface area contributed by atoms with Crippen LogP contribution in [0.15, 0.2) is 36.4 Å². The third-order valence-corrected chi connectivity index (χ3v) is 5.28. The largest absolute Gasteiger partial charge is 0.281 e. The van der Waals surface area contributed by atoms with Gasteiger partial charge < -0.3 is 0 Å². The molecule has 0 unspecified atom stereocenters. The number of imide groups is 1. The molecule has 0 bridgehead atoms. The Hall–Kier alpha value is -1.88. The highest BCUT2D eigenvalue weighted by Crippen LogP contribution is 2.32. The Kier molecular flexibility index (Phi) is 3.83. The van der Waals surface area contributed by atoms with Gasteiger partial charge in [0.25, 0.3) is 11.8 Å². The van der Waals surface area contributed by atoms with E-state index in [-0.39, 0.29) is 28.5 Å². The first-order valence-electron chi connectivity index (χ1n) is 7.69. The number of rotatable bonds is 2. The third kappa shape index (κ3) is 2.51. The van der Waals surface area contributed by atoms with Crippen molar-refractivity contribution < 1.29 is 9.59 Å². The van der Waals surface area contributed by atoms with Gasteiger partial charge >= 0.3 is 0 Å². The molecule has 0 radical (unpaired) electrons. The Bertz CT molecular complexity index is 825.